The summed E-state index contributed by atoms with van der Waals surface area (Å²) in [5.74, 6) is 0.124. The fourth-order valence-electron chi connectivity index (χ4n) is 2.76. The molecule has 2 aromatic carbocycles. The third-order valence-electron chi connectivity index (χ3n) is 4.30. The molecule has 1 amide bonds. The molecule has 1 N–H and O–H groups in total. The van der Waals surface area contributed by atoms with E-state index >= 15 is 0 Å². The Labute approximate surface area is 196 Å². The number of hydrogen-bond donors (Lipinski definition) is 1. The first kappa shape index (κ1) is 21.5. The number of rotatable bonds is 7. The summed E-state index contributed by atoms with van der Waals surface area (Å²) in [5, 5.41) is 12.6. The van der Waals surface area contributed by atoms with Crippen molar-refractivity contribution in [2.24, 2.45) is 0 Å². The highest BCUT2D eigenvalue weighted by molar-refractivity contribution is 9.10. The average molecular weight is 516 g/mol. The Balaban J connectivity index is 1.58. The van der Waals surface area contributed by atoms with E-state index in [-0.39, 0.29) is 11.6 Å². The summed E-state index contributed by atoms with van der Waals surface area (Å²) in [7, 11) is 0. The maximum absolute atomic E-state index is 12.9. The Bertz CT molecular complexity index is 1170. The van der Waals surface area contributed by atoms with Crippen LogP contribution in [0.25, 0.3) is 5.69 Å². The molecule has 7 nitrogen and oxygen atoms in total. The van der Waals surface area contributed by atoms with Crippen LogP contribution in [0.5, 0.6) is 0 Å². The number of thioether (sulfide) groups is 1. The van der Waals surface area contributed by atoms with Gasteiger partial charge in [0, 0.05) is 34.2 Å². The maximum atomic E-state index is 12.9. The normalized spacial score (nSPS) is 10.8. The molecule has 2 aromatic heterocycles. The van der Waals surface area contributed by atoms with Gasteiger partial charge in [-0.3, -0.25) is 4.79 Å². The van der Waals surface area contributed by atoms with Gasteiger partial charge in [0.05, 0.1) is 11.4 Å². The van der Waals surface area contributed by atoms with E-state index in [1.165, 1.54) is 11.8 Å². The number of nitrogens with zero attached hydrogens (tertiary/aromatic N) is 5. The van der Waals surface area contributed by atoms with Crippen molar-refractivity contribution in [1.82, 2.24) is 30.3 Å². The Hall–Kier alpha value is -2.75. The number of hydrogen-bond acceptors (Lipinski definition) is 6. The van der Waals surface area contributed by atoms with Crippen molar-refractivity contribution in [3.63, 3.8) is 0 Å². The molecule has 0 spiro atoms. The van der Waals surface area contributed by atoms with Crippen LogP contribution >= 0.6 is 39.3 Å². The second kappa shape index (κ2) is 10.0. The number of benzene rings is 2. The molecule has 0 aliphatic carbocycles. The number of carbonyl (C=O) groups excluding carboxylic acids is 1. The molecule has 0 aliphatic rings. The van der Waals surface area contributed by atoms with Gasteiger partial charge in [0.2, 0.25) is 0 Å². The summed E-state index contributed by atoms with van der Waals surface area (Å²) in [6.07, 6.45) is 3.36. The van der Waals surface area contributed by atoms with Gasteiger partial charge in [0.1, 0.15) is 0 Å². The molecular formula is C21H16BrClN6OS. The van der Waals surface area contributed by atoms with Crippen LogP contribution in [0.4, 0.5) is 0 Å². The van der Waals surface area contributed by atoms with Crippen molar-refractivity contribution < 1.29 is 4.79 Å². The standard InChI is InChI=1S/C21H16BrClN6OS/c22-15-4-8-17(9-5-15)29-18(13-31-21-24-10-1-11-25-21)19(27-28-29)20(30)26-12-14-2-6-16(23)7-3-14/h1-11H,12-13H2,(H,26,30). The van der Waals surface area contributed by atoms with Gasteiger partial charge in [0.15, 0.2) is 10.9 Å². The number of carbonyl (C=O) groups is 1. The zero-order valence-electron chi connectivity index (χ0n) is 16.1. The summed E-state index contributed by atoms with van der Waals surface area (Å²) in [4.78, 5) is 21.4. The molecule has 10 heteroatoms. The minimum absolute atomic E-state index is 0.264. The van der Waals surface area contributed by atoms with Crippen molar-refractivity contribution in [1.29, 1.82) is 0 Å². The third kappa shape index (κ3) is 5.49. The topological polar surface area (TPSA) is 85.6 Å². The molecule has 0 saturated carbocycles. The van der Waals surface area contributed by atoms with E-state index in [2.05, 4.69) is 41.5 Å². The minimum Gasteiger partial charge on any atom is -0.347 e. The SMILES string of the molecule is O=C(NCc1ccc(Cl)cc1)c1nnn(-c2ccc(Br)cc2)c1CSc1ncccn1. The van der Waals surface area contributed by atoms with E-state index < -0.39 is 0 Å². The molecular weight excluding hydrogens is 500 g/mol. The monoisotopic (exact) mass is 514 g/mol. The molecule has 0 fully saturated rings. The molecule has 0 unspecified atom stereocenters. The molecule has 0 atom stereocenters. The predicted molar refractivity (Wildman–Crippen MR) is 123 cm³/mol. The lowest BCUT2D eigenvalue weighted by Gasteiger charge is -2.09. The zero-order chi connectivity index (χ0) is 21.6. The first-order chi connectivity index (χ1) is 15.1. The molecule has 0 saturated heterocycles. The smallest absolute Gasteiger partial charge is 0.274 e. The minimum atomic E-state index is -0.303. The summed E-state index contributed by atoms with van der Waals surface area (Å²) in [6.45, 7) is 0.357. The van der Waals surface area contributed by atoms with Gasteiger partial charge in [0.25, 0.3) is 5.91 Å². The van der Waals surface area contributed by atoms with Crippen LogP contribution in [0.1, 0.15) is 21.7 Å². The van der Waals surface area contributed by atoms with Crippen LogP contribution in [-0.4, -0.2) is 30.9 Å². The van der Waals surface area contributed by atoms with Crippen molar-refractivity contribution in [2.45, 2.75) is 17.5 Å². The first-order valence-electron chi connectivity index (χ1n) is 9.23. The second-order valence-electron chi connectivity index (χ2n) is 6.40. The second-order valence-corrected chi connectivity index (χ2v) is 8.70. The molecule has 4 aromatic rings. The van der Waals surface area contributed by atoms with Crippen LogP contribution in [-0.2, 0) is 12.3 Å². The Kier molecular flexibility index (Phi) is 6.96. The molecule has 31 heavy (non-hydrogen) atoms. The van der Waals surface area contributed by atoms with Gasteiger partial charge in [-0.15, -0.1) is 5.10 Å². The number of nitrogens with one attached hydrogen (secondary N) is 1. The zero-order valence-corrected chi connectivity index (χ0v) is 19.2. The molecule has 0 bridgehead atoms. The summed E-state index contributed by atoms with van der Waals surface area (Å²) >= 11 is 10.8. The average Bonchev–Trinajstić information content (AvgIpc) is 3.22. The van der Waals surface area contributed by atoms with E-state index in [0.29, 0.717) is 28.2 Å². The highest BCUT2D eigenvalue weighted by Gasteiger charge is 2.21. The molecule has 4 rings (SSSR count). The van der Waals surface area contributed by atoms with Crippen LogP contribution < -0.4 is 5.32 Å². The Morgan fingerprint density at radius 1 is 1.06 bits per heavy atom. The van der Waals surface area contributed by atoms with E-state index in [4.69, 9.17) is 11.6 Å². The fraction of sp³-hybridized carbons (Fsp3) is 0.0952. The van der Waals surface area contributed by atoms with Crippen LogP contribution in [0.2, 0.25) is 5.02 Å². The lowest BCUT2D eigenvalue weighted by Crippen LogP contribution is -2.24. The van der Waals surface area contributed by atoms with Gasteiger partial charge in [-0.25, -0.2) is 14.6 Å². The van der Waals surface area contributed by atoms with Gasteiger partial charge in [-0.2, -0.15) is 0 Å². The van der Waals surface area contributed by atoms with Crippen LogP contribution in [0, 0.1) is 0 Å². The fourth-order valence-corrected chi connectivity index (χ4v) is 3.94. The Morgan fingerprint density at radius 2 is 1.77 bits per heavy atom. The van der Waals surface area contributed by atoms with Gasteiger partial charge in [-0.05, 0) is 48.0 Å². The summed E-state index contributed by atoms with van der Waals surface area (Å²) < 4.78 is 2.62. The van der Waals surface area contributed by atoms with Gasteiger partial charge in [-0.1, -0.05) is 56.6 Å². The largest absolute Gasteiger partial charge is 0.347 e. The number of amides is 1. The number of halogens is 2. The molecule has 156 valence electrons. The highest BCUT2D eigenvalue weighted by atomic mass is 79.9. The lowest BCUT2D eigenvalue weighted by atomic mass is 10.2. The maximum Gasteiger partial charge on any atom is 0.274 e. The first-order valence-corrected chi connectivity index (χ1v) is 11.4. The van der Waals surface area contributed by atoms with Gasteiger partial charge >= 0.3 is 0 Å². The summed E-state index contributed by atoms with van der Waals surface area (Å²) in [5.41, 5.74) is 2.66. The van der Waals surface area contributed by atoms with Crippen molar-refractivity contribution in [3.05, 3.63) is 93.4 Å². The Morgan fingerprint density at radius 3 is 2.48 bits per heavy atom. The van der Waals surface area contributed by atoms with Crippen molar-refractivity contribution in [2.75, 3.05) is 0 Å². The quantitative estimate of drug-likeness (QED) is 0.284. The molecule has 0 radical (unpaired) electrons. The van der Waals surface area contributed by atoms with Gasteiger partial charge < -0.3 is 5.32 Å². The van der Waals surface area contributed by atoms with Crippen LogP contribution in [0.3, 0.4) is 0 Å². The van der Waals surface area contributed by atoms with Crippen molar-refractivity contribution in [3.8, 4) is 5.69 Å². The van der Waals surface area contributed by atoms with E-state index in [0.717, 1.165) is 15.7 Å². The van der Waals surface area contributed by atoms with Crippen LogP contribution in [0.15, 0.2) is 76.6 Å². The predicted octanol–water partition coefficient (Wildman–Crippen LogP) is 4.70. The lowest BCUT2D eigenvalue weighted by molar-refractivity contribution is 0.0945. The van der Waals surface area contributed by atoms with E-state index in [1.54, 1.807) is 35.3 Å². The molecule has 2 heterocycles. The highest BCUT2D eigenvalue weighted by Crippen LogP contribution is 2.23. The number of aromatic nitrogens is 5. The third-order valence-corrected chi connectivity index (χ3v) is 5.96. The summed E-state index contributed by atoms with van der Waals surface area (Å²) in [6, 6.07) is 16.7. The van der Waals surface area contributed by atoms with Crippen molar-refractivity contribution >= 4 is 45.2 Å². The van der Waals surface area contributed by atoms with E-state index in [9.17, 15) is 4.79 Å². The van der Waals surface area contributed by atoms with E-state index in [1.807, 2.05) is 36.4 Å². The molecule has 0 aliphatic heterocycles.